The van der Waals surface area contributed by atoms with Crippen LogP contribution in [0.2, 0.25) is 0 Å². The molecule has 2 fully saturated rings. The van der Waals surface area contributed by atoms with E-state index in [1.807, 2.05) is 37.1 Å². The van der Waals surface area contributed by atoms with Crippen LogP contribution in [0.25, 0.3) is 10.9 Å². The van der Waals surface area contributed by atoms with Crippen LogP contribution in [0.4, 0.5) is 5.69 Å². The van der Waals surface area contributed by atoms with Gasteiger partial charge < -0.3 is 33.9 Å². The number of ether oxygens (including phenoxy) is 4. The molecular formula is C45H54N4O8. The number of aromatic amines is 1. The molecule has 3 aromatic rings. The van der Waals surface area contributed by atoms with E-state index < -0.39 is 45.9 Å². The van der Waals surface area contributed by atoms with Gasteiger partial charge in [0.15, 0.2) is 6.10 Å². The molecule has 1 unspecified atom stereocenters. The van der Waals surface area contributed by atoms with E-state index in [-0.39, 0.29) is 17.9 Å². The topological polar surface area (TPSA) is 134 Å². The van der Waals surface area contributed by atoms with Crippen molar-refractivity contribution in [3.05, 3.63) is 82.6 Å². The first-order chi connectivity index (χ1) is 27.4. The van der Waals surface area contributed by atoms with Crippen molar-refractivity contribution >= 4 is 34.5 Å². The second-order valence-corrected chi connectivity index (χ2v) is 17.2. The molecule has 9 rings (SSSR count). The first-order valence-corrected chi connectivity index (χ1v) is 20.3. The fourth-order valence-corrected chi connectivity index (χ4v) is 12.8. The third kappa shape index (κ3) is 4.80. The lowest BCUT2D eigenvalue weighted by Gasteiger charge is -2.63. The van der Waals surface area contributed by atoms with Crippen LogP contribution in [-0.2, 0) is 46.0 Å². The van der Waals surface area contributed by atoms with Crippen LogP contribution in [0.1, 0.15) is 68.8 Å². The molecular weight excluding hydrogens is 725 g/mol. The number of para-hydroxylation sites is 1. The molecule has 0 radical (unpaired) electrons. The smallest absolute Gasteiger partial charge is 0.344 e. The zero-order chi connectivity index (χ0) is 40.2. The van der Waals surface area contributed by atoms with Gasteiger partial charge in [0, 0.05) is 90.9 Å². The molecule has 2 N–H and O–H groups in total. The lowest BCUT2D eigenvalue weighted by molar-refractivity contribution is -0.228. The van der Waals surface area contributed by atoms with E-state index >= 15 is 4.79 Å². The summed E-state index contributed by atoms with van der Waals surface area (Å²) >= 11 is 0. The number of carbonyl (C=O) groups is 3. The molecule has 0 amide bonds. The van der Waals surface area contributed by atoms with E-state index in [0.717, 1.165) is 52.9 Å². The number of fused-ring (bicyclic) bond motifs is 6. The van der Waals surface area contributed by atoms with Crippen LogP contribution in [0.15, 0.2) is 60.2 Å². The Hall–Kier alpha value is -4.65. The summed E-state index contributed by atoms with van der Waals surface area (Å²) < 4.78 is 23.9. The molecule has 1 saturated heterocycles. The maximum absolute atomic E-state index is 15.2. The fourth-order valence-electron chi connectivity index (χ4n) is 12.8. The van der Waals surface area contributed by atoms with Gasteiger partial charge in [-0.05, 0) is 61.4 Å². The van der Waals surface area contributed by atoms with Crippen LogP contribution in [0.5, 0.6) is 5.75 Å². The molecule has 9 atom stereocenters. The molecule has 5 aliphatic heterocycles. The van der Waals surface area contributed by atoms with E-state index in [9.17, 15) is 14.7 Å². The van der Waals surface area contributed by atoms with Crippen LogP contribution < -0.4 is 9.64 Å². The van der Waals surface area contributed by atoms with Crippen LogP contribution in [0.3, 0.4) is 0 Å². The molecule has 12 nitrogen and oxygen atoms in total. The van der Waals surface area contributed by atoms with Crippen molar-refractivity contribution in [2.24, 2.45) is 11.3 Å². The van der Waals surface area contributed by atoms with Gasteiger partial charge in [0.1, 0.15) is 11.2 Å². The Morgan fingerprint density at radius 1 is 1.00 bits per heavy atom. The van der Waals surface area contributed by atoms with Crippen molar-refractivity contribution in [3.8, 4) is 5.75 Å². The Balaban J connectivity index is 1.37. The molecule has 6 heterocycles. The summed E-state index contributed by atoms with van der Waals surface area (Å²) in [6.45, 7) is 9.19. The Kier molecular flexibility index (Phi) is 8.77. The minimum atomic E-state index is -2.27. The SMILES string of the molecule is CCC1=C[C@@H]2CN(C1)Cc1c([nH]c3ccccc13)[C@@](C(=O)OC)(c1cc3c(cc1OC)N(C)[C@@H]1[C@@](O)(C(=O)OC)[C@H](OC(C)=O)[C@]4(CC)C=CCN5CC[C@]31[C@@H]54)C2. The van der Waals surface area contributed by atoms with Gasteiger partial charge in [0.25, 0.3) is 0 Å². The maximum atomic E-state index is 15.2. The predicted octanol–water partition coefficient (Wildman–Crippen LogP) is 4.75. The summed E-state index contributed by atoms with van der Waals surface area (Å²) in [6, 6.07) is 11.2. The number of hydrogen-bond donors (Lipinski definition) is 2. The number of nitrogens with one attached hydrogen (secondary N) is 1. The zero-order valence-electron chi connectivity index (χ0n) is 34.0. The Morgan fingerprint density at radius 2 is 1.77 bits per heavy atom. The summed E-state index contributed by atoms with van der Waals surface area (Å²) in [5.41, 5.74) is 1.05. The van der Waals surface area contributed by atoms with Crippen molar-refractivity contribution in [3.63, 3.8) is 0 Å². The van der Waals surface area contributed by atoms with Gasteiger partial charge in [-0.2, -0.15) is 0 Å². The largest absolute Gasteiger partial charge is 0.496 e. The van der Waals surface area contributed by atoms with E-state index in [1.165, 1.54) is 26.7 Å². The Labute approximate surface area is 333 Å². The van der Waals surface area contributed by atoms with E-state index in [0.29, 0.717) is 50.2 Å². The van der Waals surface area contributed by atoms with Crippen molar-refractivity contribution in [2.75, 3.05) is 59.5 Å². The summed E-state index contributed by atoms with van der Waals surface area (Å²) in [5.74, 6) is -1.31. The average molecular weight is 779 g/mol. The van der Waals surface area contributed by atoms with Gasteiger partial charge in [0.2, 0.25) is 5.60 Å². The minimum Gasteiger partial charge on any atom is -0.496 e. The number of likely N-dealkylation sites (N-methyl/N-ethyl adjacent to an activating group) is 1. The summed E-state index contributed by atoms with van der Waals surface area (Å²) in [4.78, 5) is 53.1. The Morgan fingerprint density at radius 3 is 2.47 bits per heavy atom. The van der Waals surface area contributed by atoms with Crippen molar-refractivity contribution in [1.82, 2.24) is 14.8 Å². The van der Waals surface area contributed by atoms with Crippen LogP contribution >= 0.6 is 0 Å². The van der Waals surface area contributed by atoms with Crippen molar-refractivity contribution in [2.45, 2.75) is 87.6 Å². The van der Waals surface area contributed by atoms with Crippen LogP contribution in [-0.4, -0.2) is 116 Å². The highest BCUT2D eigenvalue weighted by molar-refractivity contribution is 5.95. The lowest BCUT2D eigenvalue weighted by Crippen LogP contribution is -2.81. The first-order valence-electron chi connectivity index (χ1n) is 20.3. The lowest BCUT2D eigenvalue weighted by atomic mass is 9.47. The number of benzene rings is 2. The highest BCUT2D eigenvalue weighted by Crippen LogP contribution is 2.68. The third-order valence-electron chi connectivity index (χ3n) is 14.8. The summed E-state index contributed by atoms with van der Waals surface area (Å²) in [6.07, 6.45) is 7.67. The number of nitrogens with zero attached hydrogens (tertiary/aromatic N) is 3. The summed E-state index contributed by atoms with van der Waals surface area (Å²) in [5, 5.41) is 14.4. The number of H-pyrrole nitrogens is 1. The molecule has 6 aliphatic rings. The number of esters is 3. The minimum absolute atomic E-state index is 0.0284. The molecule has 57 heavy (non-hydrogen) atoms. The third-order valence-corrected chi connectivity index (χ3v) is 14.8. The van der Waals surface area contributed by atoms with Gasteiger partial charge in [-0.3, -0.25) is 19.4 Å². The standard InChI is InChI=1S/C45H54N4O8/c1-8-27-19-28-22-44(40(51)55-6,36-30(25-48(23-27)24-28)29-13-10-11-14-33(29)46-36)32-20-31-34(21-35(32)54-5)47(4)38-43(31)16-18-49-17-12-15-42(9-2,37(43)49)39(57-26(3)50)45(38,53)41(52)56-7/h10-15,19-21,28,37-39,46,53H,8-9,16-18,22-25H2,1-7H3/t28-,37-,38-,39+,42+,43+,44-,45-/m0/s1. The molecule has 12 heteroatoms. The van der Waals surface area contributed by atoms with Gasteiger partial charge in [0.05, 0.1) is 27.4 Å². The number of carbonyl (C=O) groups excluding carboxylic acids is 3. The second kappa shape index (κ2) is 13.2. The maximum Gasteiger partial charge on any atom is 0.344 e. The number of aromatic nitrogens is 1. The molecule has 1 saturated carbocycles. The van der Waals surface area contributed by atoms with Gasteiger partial charge in [-0.15, -0.1) is 0 Å². The van der Waals surface area contributed by atoms with E-state index in [4.69, 9.17) is 18.9 Å². The predicted molar refractivity (Wildman–Crippen MR) is 214 cm³/mol. The molecule has 1 spiro atoms. The number of rotatable bonds is 7. The number of anilines is 1. The molecule has 1 aromatic heterocycles. The van der Waals surface area contributed by atoms with Gasteiger partial charge in [-0.1, -0.05) is 55.8 Å². The van der Waals surface area contributed by atoms with Crippen molar-refractivity contribution < 1.29 is 38.4 Å². The molecule has 1 aliphatic carbocycles. The number of methoxy groups -OCH3 is 3. The monoisotopic (exact) mass is 778 g/mol. The van der Waals surface area contributed by atoms with E-state index in [1.54, 1.807) is 7.11 Å². The quantitative estimate of drug-likeness (QED) is 0.196. The average Bonchev–Trinajstić information content (AvgIpc) is 3.87. The van der Waals surface area contributed by atoms with Crippen molar-refractivity contribution in [1.29, 1.82) is 0 Å². The summed E-state index contributed by atoms with van der Waals surface area (Å²) in [7, 11) is 6.22. The zero-order valence-corrected chi connectivity index (χ0v) is 34.0. The second-order valence-electron chi connectivity index (χ2n) is 17.2. The fraction of sp³-hybridized carbons (Fsp3) is 0.533. The number of aliphatic hydroxyl groups is 1. The normalized spacial score (nSPS) is 34.9. The molecule has 302 valence electrons. The molecule has 2 bridgehead atoms. The Bertz CT molecular complexity index is 2250. The van der Waals surface area contributed by atoms with Gasteiger partial charge in [-0.25, -0.2) is 4.79 Å². The highest BCUT2D eigenvalue weighted by atomic mass is 16.6. The van der Waals surface area contributed by atoms with E-state index in [2.05, 4.69) is 58.1 Å². The highest BCUT2D eigenvalue weighted by Gasteiger charge is 2.80. The number of hydrogen-bond acceptors (Lipinski definition) is 11. The molecule has 2 aromatic carbocycles. The first kappa shape index (κ1) is 37.9. The van der Waals surface area contributed by atoms with Crippen LogP contribution in [0, 0.1) is 11.3 Å². The van der Waals surface area contributed by atoms with Gasteiger partial charge >= 0.3 is 17.9 Å².